The van der Waals surface area contributed by atoms with Crippen LogP contribution in [0, 0.1) is 5.82 Å². The minimum atomic E-state index is -4.53. The van der Waals surface area contributed by atoms with Gasteiger partial charge in [-0.05, 0) is 42.5 Å². The third-order valence-corrected chi connectivity index (χ3v) is 8.14. The standard InChI is InChI=1S/C27H23F3N4O5S.FH.H2/c1-38-27-19(4-3-17(33-27)6-7-28)22-5-2-15-11-31-18(10-23(15)34-22)12-32-26(35)16-8-21(29)20-13-39-14-25(30)40(36,37)24(20)9-16;;/h2-5,8-11,25H,6-7,12-14H2,1H3,(H,32,35);2*1H/t25-;;/m1../s1. The highest BCUT2D eigenvalue weighted by molar-refractivity contribution is 7.92. The Hall–Kier alpha value is -4.17. The van der Waals surface area contributed by atoms with Gasteiger partial charge >= 0.3 is 0 Å². The van der Waals surface area contributed by atoms with Gasteiger partial charge in [-0.3, -0.25) is 18.9 Å². The molecule has 5 rings (SSSR count). The first kappa shape index (κ1) is 29.8. The second-order valence-corrected chi connectivity index (χ2v) is 11.0. The highest BCUT2D eigenvalue weighted by Gasteiger charge is 2.35. The van der Waals surface area contributed by atoms with Crippen molar-refractivity contribution in [1.82, 2.24) is 20.3 Å². The summed E-state index contributed by atoms with van der Waals surface area (Å²) in [5.41, 5.74) is -0.270. The molecule has 218 valence electrons. The topological polar surface area (TPSA) is 120 Å². The summed E-state index contributed by atoms with van der Waals surface area (Å²) < 4.78 is 76.8. The predicted octanol–water partition coefficient (Wildman–Crippen LogP) is 4.28. The quantitative estimate of drug-likeness (QED) is 0.315. The maximum atomic E-state index is 14.7. The van der Waals surface area contributed by atoms with Crippen molar-refractivity contribution in [3.8, 4) is 17.1 Å². The third-order valence-electron chi connectivity index (χ3n) is 6.35. The lowest BCUT2D eigenvalue weighted by Gasteiger charge is -2.12. The zero-order chi connectivity index (χ0) is 28.4. The number of rotatable bonds is 7. The molecular formula is C27H26F4N4O5S. The van der Waals surface area contributed by atoms with Crippen molar-refractivity contribution < 1.29 is 42.0 Å². The number of nitrogens with one attached hydrogen (secondary N) is 1. The maximum Gasteiger partial charge on any atom is 0.251 e. The molecular weight excluding hydrogens is 568 g/mol. The molecule has 0 saturated heterocycles. The van der Waals surface area contributed by atoms with E-state index in [1.54, 1.807) is 30.5 Å². The number of aromatic nitrogens is 3. The average Bonchev–Trinajstić information content (AvgIpc) is 3.06. The van der Waals surface area contributed by atoms with Gasteiger partial charge in [0.25, 0.3) is 5.91 Å². The van der Waals surface area contributed by atoms with Gasteiger partial charge in [0, 0.05) is 36.3 Å². The number of pyridine rings is 3. The van der Waals surface area contributed by atoms with Gasteiger partial charge in [-0.1, -0.05) is 0 Å². The SMILES string of the molecule is COc1nc(CCF)ccc1-c1ccc2cnc(CNC(=O)c3cc(F)c4c(c3)S(=O)(=O)[C@@H](F)COC4)cc2n1.F.[HH]. The highest BCUT2D eigenvalue weighted by Crippen LogP contribution is 2.30. The van der Waals surface area contributed by atoms with E-state index in [4.69, 9.17) is 9.47 Å². The summed E-state index contributed by atoms with van der Waals surface area (Å²) in [6.07, 6.45) is 1.74. The fourth-order valence-corrected chi connectivity index (χ4v) is 5.60. The van der Waals surface area contributed by atoms with Crippen molar-refractivity contribution in [2.45, 2.75) is 30.0 Å². The molecule has 1 amide bonds. The van der Waals surface area contributed by atoms with Crippen molar-refractivity contribution in [3.05, 3.63) is 77.0 Å². The number of benzene rings is 1. The zero-order valence-corrected chi connectivity index (χ0v) is 22.4. The summed E-state index contributed by atoms with van der Waals surface area (Å²) in [6.45, 7) is -1.77. The normalized spacial score (nSPS) is 15.9. The lowest BCUT2D eigenvalue weighted by molar-refractivity contribution is 0.0938. The van der Waals surface area contributed by atoms with Gasteiger partial charge < -0.3 is 14.8 Å². The molecule has 14 heteroatoms. The maximum absolute atomic E-state index is 14.7. The number of methoxy groups -OCH3 is 1. The lowest BCUT2D eigenvalue weighted by Crippen LogP contribution is -2.25. The van der Waals surface area contributed by atoms with E-state index in [-0.39, 0.29) is 30.2 Å². The van der Waals surface area contributed by atoms with E-state index in [0.717, 1.165) is 17.5 Å². The van der Waals surface area contributed by atoms with Crippen LogP contribution in [-0.2, 0) is 34.1 Å². The Labute approximate surface area is 233 Å². The molecule has 1 aliphatic heterocycles. The minimum Gasteiger partial charge on any atom is -0.480 e. The van der Waals surface area contributed by atoms with Crippen molar-refractivity contribution in [2.24, 2.45) is 0 Å². The van der Waals surface area contributed by atoms with Crippen LogP contribution in [0.1, 0.15) is 28.7 Å². The largest absolute Gasteiger partial charge is 0.480 e. The summed E-state index contributed by atoms with van der Waals surface area (Å²) in [7, 11) is -3.06. The number of sulfone groups is 1. The molecule has 1 aromatic carbocycles. The number of hydrogen-bond acceptors (Lipinski definition) is 8. The van der Waals surface area contributed by atoms with Crippen LogP contribution in [0.5, 0.6) is 5.88 Å². The van der Waals surface area contributed by atoms with E-state index in [0.29, 0.717) is 34.0 Å². The van der Waals surface area contributed by atoms with Gasteiger partial charge in [-0.2, -0.15) is 0 Å². The Bertz CT molecular complexity index is 1730. The van der Waals surface area contributed by atoms with Crippen LogP contribution in [0.25, 0.3) is 22.2 Å². The Kier molecular flexibility index (Phi) is 8.83. The summed E-state index contributed by atoms with van der Waals surface area (Å²) in [4.78, 5) is 25.5. The van der Waals surface area contributed by atoms with E-state index in [1.807, 2.05) is 6.07 Å². The van der Waals surface area contributed by atoms with E-state index in [1.165, 1.54) is 7.11 Å². The molecule has 0 saturated carbocycles. The van der Waals surface area contributed by atoms with Crippen LogP contribution in [0.3, 0.4) is 0 Å². The minimum absolute atomic E-state index is 0. The molecule has 0 unspecified atom stereocenters. The predicted molar refractivity (Wildman–Crippen MR) is 143 cm³/mol. The van der Waals surface area contributed by atoms with Gasteiger partial charge in [0.1, 0.15) is 5.82 Å². The van der Waals surface area contributed by atoms with Crippen molar-refractivity contribution in [3.63, 3.8) is 0 Å². The first-order valence-electron chi connectivity index (χ1n) is 12.1. The number of hydrogen-bond donors (Lipinski definition) is 1. The van der Waals surface area contributed by atoms with Gasteiger partial charge in [0.05, 0.1) is 60.9 Å². The van der Waals surface area contributed by atoms with Crippen LogP contribution >= 0.6 is 0 Å². The molecule has 0 radical (unpaired) electrons. The Morgan fingerprint density at radius 2 is 1.98 bits per heavy atom. The number of carbonyl (C=O) groups is 1. The third kappa shape index (κ3) is 5.98. The van der Waals surface area contributed by atoms with Crippen LogP contribution < -0.4 is 10.1 Å². The number of aryl methyl sites for hydroxylation is 1. The van der Waals surface area contributed by atoms with Gasteiger partial charge in [-0.25, -0.2) is 27.2 Å². The highest BCUT2D eigenvalue weighted by atomic mass is 32.2. The molecule has 1 N–H and O–H groups in total. The smallest absolute Gasteiger partial charge is 0.251 e. The molecule has 0 fully saturated rings. The number of ether oxygens (including phenoxy) is 2. The van der Waals surface area contributed by atoms with Crippen molar-refractivity contribution >= 4 is 26.6 Å². The molecule has 1 atom stereocenters. The van der Waals surface area contributed by atoms with E-state index >= 15 is 0 Å². The molecule has 4 aromatic rings. The molecule has 4 heterocycles. The van der Waals surface area contributed by atoms with Crippen LogP contribution in [0.2, 0.25) is 0 Å². The van der Waals surface area contributed by atoms with Crippen molar-refractivity contribution in [1.29, 1.82) is 0 Å². The van der Waals surface area contributed by atoms with Gasteiger partial charge in [-0.15, -0.1) is 0 Å². The van der Waals surface area contributed by atoms with Crippen LogP contribution in [0.15, 0.2) is 53.6 Å². The number of alkyl halides is 2. The lowest BCUT2D eigenvalue weighted by atomic mass is 10.1. The first-order chi connectivity index (χ1) is 19.2. The zero-order valence-electron chi connectivity index (χ0n) is 21.6. The number of fused-ring (bicyclic) bond motifs is 2. The molecule has 1 aliphatic rings. The number of nitrogens with zero attached hydrogens (tertiary/aromatic N) is 3. The summed E-state index contributed by atoms with van der Waals surface area (Å²) in [5, 5.41) is 3.30. The first-order valence-corrected chi connectivity index (χ1v) is 13.7. The fourth-order valence-electron chi connectivity index (χ4n) is 4.26. The number of amides is 1. The van der Waals surface area contributed by atoms with E-state index in [2.05, 4.69) is 20.3 Å². The van der Waals surface area contributed by atoms with Gasteiger partial charge in [0.15, 0.2) is 0 Å². The Morgan fingerprint density at radius 1 is 1.17 bits per heavy atom. The average molecular weight is 595 g/mol. The van der Waals surface area contributed by atoms with Gasteiger partial charge in [0.2, 0.25) is 21.2 Å². The monoisotopic (exact) mass is 594 g/mol. The molecule has 0 bridgehead atoms. The molecule has 0 aliphatic carbocycles. The number of halogens is 4. The van der Waals surface area contributed by atoms with Crippen LogP contribution in [0.4, 0.5) is 17.9 Å². The van der Waals surface area contributed by atoms with Crippen LogP contribution in [-0.4, -0.2) is 55.2 Å². The summed E-state index contributed by atoms with van der Waals surface area (Å²) in [6, 6.07) is 10.5. The second-order valence-electron chi connectivity index (χ2n) is 8.95. The molecule has 0 spiro atoms. The molecule has 41 heavy (non-hydrogen) atoms. The number of carbonyl (C=O) groups excluding carboxylic acids is 1. The summed E-state index contributed by atoms with van der Waals surface area (Å²) >= 11 is 0. The Morgan fingerprint density at radius 3 is 2.73 bits per heavy atom. The molecule has 3 aromatic heterocycles. The van der Waals surface area contributed by atoms with Crippen molar-refractivity contribution in [2.75, 3.05) is 20.4 Å². The second kappa shape index (κ2) is 12.1. The Balaban J connectivity index is 0.00000242. The van der Waals surface area contributed by atoms with E-state index in [9.17, 15) is 26.4 Å². The van der Waals surface area contributed by atoms with E-state index < -0.39 is 51.8 Å². The molecule has 9 nitrogen and oxygen atoms in total. The fraction of sp³-hybridized carbons (Fsp3) is 0.259. The summed E-state index contributed by atoms with van der Waals surface area (Å²) in [5.74, 6) is -1.45.